The lowest BCUT2D eigenvalue weighted by atomic mass is 9.98. The Labute approximate surface area is 202 Å². The van der Waals surface area contributed by atoms with E-state index in [4.69, 9.17) is 4.74 Å². The second kappa shape index (κ2) is 10.5. The van der Waals surface area contributed by atoms with Crippen LogP contribution in [0.1, 0.15) is 41.4 Å². The maximum absolute atomic E-state index is 13.5. The summed E-state index contributed by atoms with van der Waals surface area (Å²) in [6.07, 6.45) is 1.21. The highest BCUT2D eigenvalue weighted by Gasteiger charge is 2.32. The number of carbonyl (C=O) groups is 2. The first-order valence-corrected chi connectivity index (χ1v) is 11.7. The van der Waals surface area contributed by atoms with E-state index in [2.05, 4.69) is 5.10 Å². The predicted octanol–water partition coefficient (Wildman–Crippen LogP) is 2.17. The monoisotopic (exact) mass is 476 g/mol. The van der Waals surface area contributed by atoms with Crippen LogP contribution in [-0.4, -0.2) is 50.8 Å². The molecular weight excluding hydrogens is 448 g/mol. The summed E-state index contributed by atoms with van der Waals surface area (Å²) in [5, 5.41) is 4.23. The fourth-order valence-corrected chi connectivity index (χ4v) is 4.25. The number of amides is 1. The minimum Gasteiger partial charge on any atom is -0.466 e. The van der Waals surface area contributed by atoms with E-state index in [-0.39, 0.29) is 31.4 Å². The summed E-state index contributed by atoms with van der Waals surface area (Å²) < 4.78 is 7.25. The first-order valence-electron chi connectivity index (χ1n) is 11.7. The molecule has 0 aliphatic carbocycles. The van der Waals surface area contributed by atoms with Crippen molar-refractivity contribution in [1.82, 2.24) is 19.2 Å². The van der Waals surface area contributed by atoms with Gasteiger partial charge in [-0.15, -0.1) is 0 Å². The highest BCUT2D eigenvalue weighted by Crippen LogP contribution is 2.19. The zero-order chi connectivity index (χ0) is 24.9. The summed E-state index contributed by atoms with van der Waals surface area (Å²) >= 11 is 0. The van der Waals surface area contributed by atoms with Gasteiger partial charge in [-0.1, -0.05) is 42.5 Å². The number of aryl methyl sites for hydroxylation is 1. The van der Waals surface area contributed by atoms with Crippen molar-refractivity contribution in [2.24, 2.45) is 5.92 Å². The van der Waals surface area contributed by atoms with Gasteiger partial charge in [0.1, 0.15) is 0 Å². The summed E-state index contributed by atoms with van der Waals surface area (Å²) in [7, 11) is 0. The van der Waals surface area contributed by atoms with E-state index in [1.165, 1.54) is 4.90 Å². The topological polar surface area (TPSA) is 104 Å². The molecule has 0 spiro atoms. The van der Waals surface area contributed by atoms with Crippen LogP contribution in [0.3, 0.4) is 0 Å². The first-order chi connectivity index (χ1) is 16.9. The van der Waals surface area contributed by atoms with Crippen LogP contribution in [0.2, 0.25) is 0 Å². The molecule has 35 heavy (non-hydrogen) atoms. The molecule has 2 aromatic carbocycles. The number of carbonyl (C=O) groups excluding carboxylic acids is 2. The smallest absolute Gasteiger partial charge is 0.352 e. The van der Waals surface area contributed by atoms with Crippen molar-refractivity contribution in [3.8, 4) is 5.69 Å². The molecule has 1 saturated heterocycles. The third-order valence-corrected chi connectivity index (χ3v) is 6.02. The van der Waals surface area contributed by atoms with Crippen LogP contribution in [0.15, 0.2) is 64.2 Å². The lowest BCUT2D eigenvalue weighted by Gasteiger charge is -2.31. The molecule has 0 N–H and O–H groups in total. The number of hydrogen-bond donors (Lipinski definition) is 0. The molecule has 0 radical (unpaired) electrons. The second-order valence-corrected chi connectivity index (χ2v) is 8.60. The number of hydrogen-bond acceptors (Lipinski definition) is 6. The summed E-state index contributed by atoms with van der Waals surface area (Å²) in [6, 6.07) is 16.2. The van der Waals surface area contributed by atoms with Gasteiger partial charge in [-0.3, -0.25) is 19.0 Å². The largest absolute Gasteiger partial charge is 0.466 e. The molecule has 2 heterocycles. The van der Waals surface area contributed by atoms with Crippen LogP contribution in [0.5, 0.6) is 0 Å². The molecule has 1 aromatic heterocycles. The molecule has 4 rings (SSSR count). The van der Waals surface area contributed by atoms with Crippen molar-refractivity contribution in [2.45, 2.75) is 33.2 Å². The average Bonchev–Trinajstić information content (AvgIpc) is 2.87. The van der Waals surface area contributed by atoms with Gasteiger partial charge in [0.05, 0.1) is 24.8 Å². The molecule has 1 atom stereocenters. The van der Waals surface area contributed by atoms with Gasteiger partial charge < -0.3 is 9.64 Å². The SMILES string of the molecule is CCOC(=O)C1CCCN(C(=O)c2nn(-c3cccc(C)c3)c(=O)n(Cc3ccccc3)c2=O)C1. The van der Waals surface area contributed by atoms with E-state index in [9.17, 15) is 19.2 Å². The highest BCUT2D eigenvalue weighted by molar-refractivity contribution is 5.92. The Morgan fingerprint density at radius 3 is 2.57 bits per heavy atom. The van der Waals surface area contributed by atoms with Crippen LogP contribution in [0.25, 0.3) is 5.69 Å². The van der Waals surface area contributed by atoms with Crippen LogP contribution >= 0.6 is 0 Å². The van der Waals surface area contributed by atoms with Crippen molar-refractivity contribution < 1.29 is 14.3 Å². The summed E-state index contributed by atoms with van der Waals surface area (Å²) in [5.41, 5.74) is 0.348. The van der Waals surface area contributed by atoms with Crippen molar-refractivity contribution in [2.75, 3.05) is 19.7 Å². The minimum absolute atomic E-state index is 0.00142. The van der Waals surface area contributed by atoms with Crippen LogP contribution in [-0.2, 0) is 16.1 Å². The number of nitrogens with zero attached hydrogens (tertiary/aromatic N) is 4. The van der Waals surface area contributed by atoms with Gasteiger partial charge in [0.15, 0.2) is 0 Å². The molecule has 1 fully saturated rings. The molecule has 1 unspecified atom stereocenters. The third-order valence-electron chi connectivity index (χ3n) is 6.02. The van der Waals surface area contributed by atoms with E-state index >= 15 is 0 Å². The van der Waals surface area contributed by atoms with Crippen molar-refractivity contribution in [3.63, 3.8) is 0 Å². The van der Waals surface area contributed by atoms with Gasteiger partial charge >= 0.3 is 11.7 Å². The normalized spacial score (nSPS) is 15.6. The van der Waals surface area contributed by atoms with E-state index in [1.807, 2.05) is 31.2 Å². The lowest BCUT2D eigenvalue weighted by Crippen LogP contribution is -2.49. The Hall–Kier alpha value is -4.01. The van der Waals surface area contributed by atoms with E-state index < -0.39 is 23.1 Å². The molecular formula is C26H28N4O5. The zero-order valence-electron chi connectivity index (χ0n) is 19.8. The maximum atomic E-state index is 13.5. The van der Waals surface area contributed by atoms with Crippen molar-refractivity contribution in [1.29, 1.82) is 0 Å². The van der Waals surface area contributed by atoms with Crippen LogP contribution < -0.4 is 11.2 Å². The standard InChI is InChI=1S/C26H28N4O5/c1-3-35-25(33)20-12-8-14-28(17-20)23(31)22-24(32)29(16-19-10-5-4-6-11-19)26(34)30(27-22)21-13-7-9-18(2)15-21/h4-7,9-11,13,15,20H,3,8,12,14,16-17H2,1-2H3. The average molecular weight is 477 g/mol. The minimum atomic E-state index is -0.758. The Kier molecular flexibility index (Phi) is 7.24. The molecule has 9 heteroatoms. The summed E-state index contributed by atoms with van der Waals surface area (Å²) in [5.74, 6) is -1.42. The van der Waals surface area contributed by atoms with Crippen molar-refractivity contribution in [3.05, 3.63) is 92.3 Å². The number of esters is 1. The van der Waals surface area contributed by atoms with Gasteiger partial charge in [0.2, 0.25) is 5.69 Å². The Morgan fingerprint density at radius 1 is 1.09 bits per heavy atom. The molecule has 1 aliphatic rings. The van der Waals surface area contributed by atoms with Gasteiger partial charge in [-0.05, 0) is 49.9 Å². The number of aromatic nitrogens is 3. The molecule has 0 saturated carbocycles. The fourth-order valence-electron chi connectivity index (χ4n) is 4.25. The molecule has 0 bridgehead atoms. The van der Waals surface area contributed by atoms with Gasteiger partial charge in [-0.2, -0.15) is 9.78 Å². The maximum Gasteiger partial charge on any atom is 0.352 e. The van der Waals surface area contributed by atoms with E-state index in [0.29, 0.717) is 25.1 Å². The molecule has 9 nitrogen and oxygen atoms in total. The molecule has 1 amide bonds. The van der Waals surface area contributed by atoms with Gasteiger partial charge in [0.25, 0.3) is 11.5 Å². The van der Waals surface area contributed by atoms with Crippen LogP contribution in [0.4, 0.5) is 0 Å². The quantitative estimate of drug-likeness (QED) is 0.505. The van der Waals surface area contributed by atoms with E-state index in [0.717, 1.165) is 20.4 Å². The highest BCUT2D eigenvalue weighted by atomic mass is 16.5. The third kappa shape index (κ3) is 5.24. The van der Waals surface area contributed by atoms with Gasteiger partial charge in [0, 0.05) is 13.1 Å². The first kappa shape index (κ1) is 24.1. The Balaban J connectivity index is 1.78. The number of ether oxygens (including phenoxy) is 1. The molecule has 3 aromatic rings. The molecule has 1 aliphatic heterocycles. The van der Waals surface area contributed by atoms with Gasteiger partial charge in [-0.25, -0.2) is 4.79 Å². The lowest BCUT2D eigenvalue weighted by molar-refractivity contribution is -0.149. The van der Waals surface area contributed by atoms with E-state index in [1.54, 1.807) is 37.3 Å². The number of piperidine rings is 1. The van der Waals surface area contributed by atoms with Crippen molar-refractivity contribution >= 4 is 11.9 Å². The number of rotatable bonds is 6. The zero-order valence-corrected chi connectivity index (χ0v) is 19.8. The molecule has 182 valence electrons. The fraction of sp³-hybridized carbons (Fsp3) is 0.346. The second-order valence-electron chi connectivity index (χ2n) is 8.60. The number of likely N-dealkylation sites (tertiary alicyclic amines) is 1. The Bertz CT molecular complexity index is 1350. The summed E-state index contributed by atoms with van der Waals surface area (Å²) in [4.78, 5) is 53.9. The number of benzene rings is 2. The summed E-state index contributed by atoms with van der Waals surface area (Å²) in [6.45, 7) is 4.40. The van der Waals surface area contributed by atoms with Crippen LogP contribution in [0, 0.1) is 12.8 Å². The predicted molar refractivity (Wildman–Crippen MR) is 130 cm³/mol. The Morgan fingerprint density at radius 2 is 1.86 bits per heavy atom.